The van der Waals surface area contributed by atoms with E-state index < -0.39 is 11.8 Å². The largest absolute Gasteiger partial charge is 0.493 e. The number of halogens is 1. The molecule has 0 aliphatic carbocycles. The van der Waals surface area contributed by atoms with Gasteiger partial charge in [-0.15, -0.1) is 0 Å². The molecule has 0 aromatic heterocycles. The van der Waals surface area contributed by atoms with Crippen molar-refractivity contribution in [3.63, 3.8) is 0 Å². The maximum absolute atomic E-state index is 13.3. The van der Waals surface area contributed by atoms with Gasteiger partial charge in [-0.1, -0.05) is 0 Å². The Labute approximate surface area is 94.2 Å². The van der Waals surface area contributed by atoms with E-state index in [9.17, 15) is 9.18 Å². The smallest absolute Gasteiger partial charge is 0.341 e. The van der Waals surface area contributed by atoms with Gasteiger partial charge in [-0.25, -0.2) is 9.18 Å². The number of hydrogen-bond acceptors (Lipinski definition) is 3. The number of esters is 1. The van der Waals surface area contributed by atoms with Crippen molar-refractivity contribution in [3.8, 4) is 5.75 Å². The number of hydrogen-bond donors (Lipinski definition) is 0. The van der Waals surface area contributed by atoms with Gasteiger partial charge in [0.15, 0.2) is 0 Å². The van der Waals surface area contributed by atoms with Crippen molar-refractivity contribution in [2.75, 3.05) is 13.2 Å². The number of benzene rings is 1. The van der Waals surface area contributed by atoms with Crippen LogP contribution in [0.4, 0.5) is 4.39 Å². The van der Waals surface area contributed by atoms with Gasteiger partial charge in [0.05, 0.1) is 13.2 Å². The predicted molar refractivity (Wildman–Crippen MR) is 58.3 cm³/mol. The molecule has 1 aromatic rings. The molecule has 0 heterocycles. The first kappa shape index (κ1) is 12.5. The fourth-order valence-corrected chi connectivity index (χ4v) is 1.31. The van der Waals surface area contributed by atoms with E-state index in [1.54, 1.807) is 20.8 Å². The molecule has 0 aliphatic rings. The van der Waals surface area contributed by atoms with Crippen molar-refractivity contribution < 1.29 is 18.7 Å². The van der Waals surface area contributed by atoms with Crippen LogP contribution in [0.25, 0.3) is 0 Å². The highest BCUT2D eigenvalue weighted by Crippen LogP contribution is 2.23. The zero-order valence-electron chi connectivity index (χ0n) is 9.67. The van der Waals surface area contributed by atoms with Gasteiger partial charge >= 0.3 is 5.97 Å². The average molecular weight is 226 g/mol. The van der Waals surface area contributed by atoms with Crippen molar-refractivity contribution in [2.45, 2.75) is 20.8 Å². The Hall–Kier alpha value is -1.58. The maximum Gasteiger partial charge on any atom is 0.341 e. The van der Waals surface area contributed by atoms with Crippen LogP contribution in [0, 0.1) is 12.7 Å². The predicted octanol–water partition coefficient (Wildman–Crippen LogP) is 2.71. The van der Waals surface area contributed by atoms with Crippen LogP contribution in [0.5, 0.6) is 5.75 Å². The van der Waals surface area contributed by atoms with Gasteiger partial charge in [0, 0.05) is 6.07 Å². The summed E-state index contributed by atoms with van der Waals surface area (Å²) >= 11 is 0. The summed E-state index contributed by atoms with van der Waals surface area (Å²) in [5, 5.41) is 0. The van der Waals surface area contributed by atoms with Crippen LogP contribution >= 0.6 is 0 Å². The Morgan fingerprint density at radius 3 is 2.56 bits per heavy atom. The molecule has 0 amide bonds. The van der Waals surface area contributed by atoms with Gasteiger partial charge in [-0.05, 0) is 32.4 Å². The van der Waals surface area contributed by atoms with Gasteiger partial charge in [-0.3, -0.25) is 0 Å². The Morgan fingerprint density at radius 1 is 1.31 bits per heavy atom. The molecule has 3 nitrogen and oxygen atoms in total. The van der Waals surface area contributed by atoms with E-state index in [-0.39, 0.29) is 17.9 Å². The van der Waals surface area contributed by atoms with Crippen LogP contribution in [-0.2, 0) is 4.74 Å². The van der Waals surface area contributed by atoms with Gasteiger partial charge in [0.1, 0.15) is 17.1 Å². The third kappa shape index (κ3) is 2.72. The van der Waals surface area contributed by atoms with E-state index in [1.165, 1.54) is 12.1 Å². The van der Waals surface area contributed by atoms with Gasteiger partial charge in [0.25, 0.3) is 0 Å². The van der Waals surface area contributed by atoms with E-state index in [4.69, 9.17) is 9.47 Å². The molecule has 4 heteroatoms. The summed E-state index contributed by atoms with van der Waals surface area (Å²) in [6.45, 7) is 5.73. The average Bonchev–Trinajstić information content (AvgIpc) is 2.23. The van der Waals surface area contributed by atoms with Crippen LogP contribution in [-0.4, -0.2) is 19.2 Å². The third-order valence-corrected chi connectivity index (χ3v) is 2.06. The van der Waals surface area contributed by atoms with Gasteiger partial charge in [-0.2, -0.15) is 0 Å². The first-order valence-electron chi connectivity index (χ1n) is 5.20. The molecule has 0 aliphatic heterocycles. The number of rotatable bonds is 4. The van der Waals surface area contributed by atoms with E-state index in [0.29, 0.717) is 12.2 Å². The third-order valence-electron chi connectivity index (χ3n) is 2.06. The molecule has 0 unspecified atom stereocenters. The summed E-state index contributed by atoms with van der Waals surface area (Å²) in [6.07, 6.45) is 0. The molecular weight excluding hydrogens is 211 g/mol. The second-order valence-corrected chi connectivity index (χ2v) is 3.25. The first-order chi connectivity index (χ1) is 7.60. The van der Waals surface area contributed by atoms with E-state index in [0.717, 1.165) is 0 Å². The fourth-order valence-electron chi connectivity index (χ4n) is 1.31. The Bertz CT molecular complexity index is 388. The van der Waals surface area contributed by atoms with Gasteiger partial charge in [0.2, 0.25) is 0 Å². The summed E-state index contributed by atoms with van der Waals surface area (Å²) in [7, 11) is 0. The fraction of sp³-hybridized carbons (Fsp3) is 0.417. The van der Waals surface area contributed by atoms with Crippen LogP contribution in [0.1, 0.15) is 29.8 Å². The van der Waals surface area contributed by atoms with Crippen LogP contribution in [0.2, 0.25) is 0 Å². The lowest BCUT2D eigenvalue weighted by Gasteiger charge is -2.10. The minimum absolute atomic E-state index is 0.226. The lowest BCUT2D eigenvalue weighted by molar-refractivity contribution is 0.0521. The summed E-state index contributed by atoms with van der Waals surface area (Å²) in [4.78, 5) is 11.6. The highest BCUT2D eigenvalue weighted by atomic mass is 19.1. The lowest BCUT2D eigenvalue weighted by Crippen LogP contribution is -2.09. The molecule has 16 heavy (non-hydrogen) atoms. The van der Waals surface area contributed by atoms with E-state index >= 15 is 0 Å². The second kappa shape index (κ2) is 5.49. The van der Waals surface area contributed by atoms with E-state index in [1.807, 2.05) is 0 Å². The summed E-state index contributed by atoms with van der Waals surface area (Å²) in [5.74, 6) is -0.658. The summed E-state index contributed by atoms with van der Waals surface area (Å²) in [5.41, 5.74) is 0.661. The molecule has 1 aromatic carbocycles. The number of carbonyl (C=O) groups excluding carboxylic acids is 1. The SMILES string of the molecule is CCOC(=O)c1cc(C)c(F)cc1OCC. The number of aryl methyl sites for hydroxylation is 1. The number of carbonyl (C=O) groups is 1. The molecule has 0 saturated carbocycles. The van der Waals surface area contributed by atoms with Crippen LogP contribution in [0.15, 0.2) is 12.1 Å². The molecule has 0 fully saturated rings. The maximum atomic E-state index is 13.3. The quantitative estimate of drug-likeness (QED) is 0.740. The van der Waals surface area contributed by atoms with Crippen LogP contribution < -0.4 is 4.74 Å². The Morgan fingerprint density at radius 2 is 2.00 bits per heavy atom. The monoisotopic (exact) mass is 226 g/mol. The molecule has 88 valence electrons. The lowest BCUT2D eigenvalue weighted by atomic mass is 10.1. The Kier molecular flexibility index (Phi) is 4.28. The minimum Gasteiger partial charge on any atom is -0.493 e. The standard InChI is InChI=1S/C12H15FO3/c1-4-15-11-7-10(13)8(3)6-9(11)12(14)16-5-2/h6-7H,4-5H2,1-3H3. The Balaban J connectivity index is 3.13. The van der Waals surface area contributed by atoms with Crippen LogP contribution in [0.3, 0.4) is 0 Å². The zero-order chi connectivity index (χ0) is 12.1. The summed E-state index contributed by atoms with van der Waals surface area (Å²) in [6, 6.07) is 2.66. The molecule has 0 N–H and O–H groups in total. The van der Waals surface area contributed by atoms with Crippen molar-refractivity contribution in [2.24, 2.45) is 0 Å². The molecule has 1 rings (SSSR count). The number of ether oxygens (including phenoxy) is 2. The molecule has 0 saturated heterocycles. The molecule has 0 atom stereocenters. The highest BCUT2D eigenvalue weighted by molar-refractivity contribution is 5.92. The molecule has 0 spiro atoms. The van der Waals surface area contributed by atoms with E-state index in [2.05, 4.69) is 0 Å². The highest BCUT2D eigenvalue weighted by Gasteiger charge is 2.16. The zero-order valence-corrected chi connectivity index (χ0v) is 9.67. The molecule has 0 bridgehead atoms. The normalized spacial score (nSPS) is 10.0. The van der Waals surface area contributed by atoms with Gasteiger partial charge < -0.3 is 9.47 Å². The second-order valence-electron chi connectivity index (χ2n) is 3.25. The van der Waals surface area contributed by atoms with Crippen molar-refractivity contribution in [3.05, 3.63) is 29.1 Å². The summed E-state index contributed by atoms with van der Waals surface area (Å²) < 4.78 is 23.4. The topological polar surface area (TPSA) is 35.5 Å². The molecule has 0 radical (unpaired) electrons. The molecular formula is C12H15FO3. The first-order valence-corrected chi connectivity index (χ1v) is 5.20. The van der Waals surface area contributed by atoms with Crippen molar-refractivity contribution in [1.82, 2.24) is 0 Å². The minimum atomic E-state index is -0.492. The van der Waals surface area contributed by atoms with Crippen molar-refractivity contribution in [1.29, 1.82) is 0 Å². The van der Waals surface area contributed by atoms with Crippen molar-refractivity contribution >= 4 is 5.97 Å².